The zero-order chi connectivity index (χ0) is 14.5. The first-order valence-electron chi connectivity index (χ1n) is 7.59. The van der Waals surface area contributed by atoms with Gasteiger partial charge in [0.2, 0.25) is 0 Å². The Bertz CT molecular complexity index is 288. The summed E-state index contributed by atoms with van der Waals surface area (Å²) in [5.41, 5.74) is -0.606. The second kappa shape index (κ2) is 7.25. The van der Waals surface area contributed by atoms with E-state index in [1.54, 1.807) is 0 Å². The maximum Gasteiger partial charge on any atom is 0.310 e. The van der Waals surface area contributed by atoms with Gasteiger partial charge in [0, 0.05) is 12.6 Å². The number of carboxylic acids is 1. The summed E-state index contributed by atoms with van der Waals surface area (Å²) >= 11 is 0. The lowest BCUT2D eigenvalue weighted by Gasteiger charge is -2.39. The molecule has 1 atom stereocenters. The van der Waals surface area contributed by atoms with Crippen molar-refractivity contribution in [3.8, 4) is 0 Å². The third-order valence-electron chi connectivity index (χ3n) is 4.54. The maximum absolute atomic E-state index is 11.5. The fourth-order valence-corrected chi connectivity index (χ4v) is 3.16. The van der Waals surface area contributed by atoms with Crippen LogP contribution in [0.1, 0.15) is 46.5 Å². The zero-order valence-corrected chi connectivity index (χ0v) is 13.0. The molecular formula is C15H30N2O2. The first-order valence-corrected chi connectivity index (χ1v) is 7.59. The fourth-order valence-electron chi connectivity index (χ4n) is 3.16. The molecule has 0 amide bonds. The predicted molar refractivity (Wildman–Crippen MR) is 78.4 cm³/mol. The molecule has 0 aromatic carbocycles. The monoisotopic (exact) mass is 270 g/mol. The summed E-state index contributed by atoms with van der Waals surface area (Å²) < 4.78 is 0. The highest BCUT2D eigenvalue weighted by molar-refractivity contribution is 5.74. The topological polar surface area (TPSA) is 43.8 Å². The van der Waals surface area contributed by atoms with Crippen LogP contribution in [0.5, 0.6) is 0 Å². The number of carboxylic acid groups (broad SMARTS) is 1. The van der Waals surface area contributed by atoms with E-state index in [2.05, 4.69) is 30.7 Å². The molecular weight excluding hydrogens is 240 g/mol. The van der Waals surface area contributed by atoms with Gasteiger partial charge in [-0.3, -0.25) is 4.79 Å². The zero-order valence-electron chi connectivity index (χ0n) is 13.0. The van der Waals surface area contributed by atoms with Crippen LogP contribution in [0, 0.1) is 5.41 Å². The van der Waals surface area contributed by atoms with Gasteiger partial charge >= 0.3 is 5.97 Å². The van der Waals surface area contributed by atoms with E-state index >= 15 is 0 Å². The summed E-state index contributed by atoms with van der Waals surface area (Å²) in [5, 5.41) is 9.46. The lowest BCUT2D eigenvalue weighted by Crippen LogP contribution is -2.48. The molecule has 1 aliphatic heterocycles. The highest BCUT2D eigenvalue weighted by atomic mass is 16.4. The number of hydrogen-bond acceptors (Lipinski definition) is 3. The van der Waals surface area contributed by atoms with Gasteiger partial charge in [-0.25, -0.2) is 0 Å². The van der Waals surface area contributed by atoms with Crippen LogP contribution in [-0.2, 0) is 4.79 Å². The highest BCUT2D eigenvalue weighted by Crippen LogP contribution is 2.27. The third-order valence-corrected chi connectivity index (χ3v) is 4.54. The van der Waals surface area contributed by atoms with Crippen LogP contribution in [0.4, 0.5) is 0 Å². The molecule has 1 rings (SSSR count). The van der Waals surface area contributed by atoms with Crippen LogP contribution in [-0.4, -0.2) is 60.1 Å². The van der Waals surface area contributed by atoms with Gasteiger partial charge in [0.15, 0.2) is 0 Å². The minimum Gasteiger partial charge on any atom is -0.481 e. The second-order valence-corrected chi connectivity index (χ2v) is 6.20. The van der Waals surface area contributed by atoms with Gasteiger partial charge in [0.25, 0.3) is 0 Å². The first-order chi connectivity index (χ1) is 8.92. The van der Waals surface area contributed by atoms with E-state index in [4.69, 9.17) is 0 Å². The van der Waals surface area contributed by atoms with Crippen LogP contribution in [0.2, 0.25) is 0 Å². The van der Waals surface area contributed by atoms with Crippen LogP contribution < -0.4 is 0 Å². The van der Waals surface area contributed by atoms with Crippen molar-refractivity contribution < 1.29 is 9.90 Å². The summed E-state index contributed by atoms with van der Waals surface area (Å²) in [7, 11) is 2.09. The van der Waals surface area contributed by atoms with E-state index in [0.29, 0.717) is 12.6 Å². The first kappa shape index (κ1) is 16.4. The fraction of sp³-hybridized carbons (Fsp3) is 0.933. The number of nitrogens with zero attached hydrogens (tertiary/aromatic N) is 2. The number of aliphatic carboxylic acids is 1. The number of rotatable bonds is 7. The van der Waals surface area contributed by atoms with Crippen molar-refractivity contribution >= 4 is 5.97 Å². The van der Waals surface area contributed by atoms with Gasteiger partial charge in [0.1, 0.15) is 0 Å². The van der Waals surface area contributed by atoms with Crippen LogP contribution >= 0.6 is 0 Å². The van der Waals surface area contributed by atoms with Gasteiger partial charge in [-0.15, -0.1) is 0 Å². The summed E-state index contributed by atoms with van der Waals surface area (Å²) in [6, 6.07) is 0.540. The Balaban J connectivity index is 2.53. The Hall–Kier alpha value is -0.610. The third kappa shape index (κ3) is 4.46. The van der Waals surface area contributed by atoms with E-state index in [0.717, 1.165) is 45.3 Å². The average molecular weight is 270 g/mol. The maximum atomic E-state index is 11.5. The molecule has 0 saturated carbocycles. The Morgan fingerprint density at radius 2 is 1.95 bits per heavy atom. The lowest BCUT2D eigenvalue weighted by atomic mass is 9.84. The van der Waals surface area contributed by atoms with Gasteiger partial charge in [-0.1, -0.05) is 20.3 Å². The van der Waals surface area contributed by atoms with Crippen molar-refractivity contribution in [2.24, 2.45) is 5.41 Å². The summed E-state index contributed by atoms with van der Waals surface area (Å²) in [5.74, 6) is -0.660. The standard InChI is InChI=1S/C15H30N2O2/c1-5-9-15(3,14(18)19)12-16(4)13-7-10-17(6-2)11-8-13/h13H,5-12H2,1-4H3,(H,18,19). The lowest BCUT2D eigenvalue weighted by molar-refractivity contribution is -0.149. The molecule has 1 heterocycles. The Labute approximate surface area is 117 Å². The molecule has 112 valence electrons. The van der Waals surface area contributed by atoms with Gasteiger partial charge in [-0.05, 0) is 52.9 Å². The molecule has 0 aromatic heterocycles. The molecule has 1 fully saturated rings. The Kier molecular flexibility index (Phi) is 6.27. The van der Waals surface area contributed by atoms with Crippen LogP contribution in [0.3, 0.4) is 0 Å². The van der Waals surface area contributed by atoms with Crippen molar-refractivity contribution in [2.45, 2.75) is 52.5 Å². The number of hydrogen-bond donors (Lipinski definition) is 1. The molecule has 19 heavy (non-hydrogen) atoms. The van der Waals surface area contributed by atoms with E-state index < -0.39 is 11.4 Å². The van der Waals surface area contributed by atoms with Crippen LogP contribution in [0.15, 0.2) is 0 Å². The van der Waals surface area contributed by atoms with Crippen molar-refractivity contribution in [1.82, 2.24) is 9.80 Å². The van der Waals surface area contributed by atoms with Crippen molar-refractivity contribution in [3.63, 3.8) is 0 Å². The van der Waals surface area contributed by atoms with Gasteiger partial charge in [-0.2, -0.15) is 0 Å². The molecule has 0 spiro atoms. The molecule has 1 N–H and O–H groups in total. The smallest absolute Gasteiger partial charge is 0.310 e. The number of piperidine rings is 1. The minimum atomic E-state index is -0.660. The van der Waals surface area contributed by atoms with Crippen molar-refractivity contribution in [2.75, 3.05) is 33.2 Å². The van der Waals surface area contributed by atoms with Crippen LogP contribution in [0.25, 0.3) is 0 Å². The van der Waals surface area contributed by atoms with Crippen molar-refractivity contribution in [1.29, 1.82) is 0 Å². The molecule has 4 heteroatoms. The Morgan fingerprint density at radius 3 is 2.37 bits per heavy atom. The molecule has 0 aromatic rings. The molecule has 0 radical (unpaired) electrons. The quantitative estimate of drug-likeness (QED) is 0.771. The van der Waals surface area contributed by atoms with E-state index in [-0.39, 0.29) is 0 Å². The SMILES string of the molecule is CCCC(C)(CN(C)C1CCN(CC)CC1)C(=O)O. The highest BCUT2D eigenvalue weighted by Gasteiger charge is 2.35. The van der Waals surface area contributed by atoms with E-state index in [1.807, 2.05) is 6.92 Å². The molecule has 1 saturated heterocycles. The predicted octanol–water partition coefficient (Wildman–Crippen LogP) is 2.29. The molecule has 1 aliphatic rings. The molecule has 1 unspecified atom stereocenters. The summed E-state index contributed by atoms with van der Waals surface area (Å²) in [4.78, 5) is 16.2. The van der Waals surface area contributed by atoms with E-state index in [9.17, 15) is 9.90 Å². The van der Waals surface area contributed by atoms with Gasteiger partial charge in [0.05, 0.1) is 5.41 Å². The summed E-state index contributed by atoms with van der Waals surface area (Å²) in [6.45, 7) is 10.2. The molecule has 0 bridgehead atoms. The summed E-state index contributed by atoms with van der Waals surface area (Å²) in [6.07, 6.45) is 3.99. The normalized spacial score (nSPS) is 21.5. The number of likely N-dealkylation sites (tertiary alicyclic amines) is 1. The Morgan fingerprint density at radius 1 is 1.37 bits per heavy atom. The molecule has 4 nitrogen and oxygen atoms in total. The van der Waals surface area contributed by atoms with E-state index in [1.165, 1.54) is 0 Å². The van der Waals surface area contributed by atoms with Gasteiger partial charge < -0.3 is 14.9 Å². The average Bonchev–Trinajstić information content (AvgIpc) is 2.38. The molecule has 0 aliphatic carbocycles. The largest absolute Gasteiger partial charge is 0.481 e. The van der Waals surface area contributed by atoms with Crippen molar-refractivity contribution in [3.05, 3.63) is 0 Å². The number of carbonyl (C=O) groups is 1. The minimum absolute atomic E-state index is 0.540. The second-order valence-electron chi connectivity index (χ2n) is 6.20.